The van der Waals surface area contributed by atoms with Crippen molar-refractivity contribution in [3.8, 4) is 0 Å². The molecule has 2 bridgehead atoms. The van der Waals surface area contributed by atoms with E-state index in [1.54, 1.807) is 0 Å². The lowest BCUT2D eigenvalue weighted by molar-refractivity contribution is -0.138. The number of nitrogens with one attached hydrogen (secondary N) is 1. The van der Waals surface area contributed by atoms with Crippen molar-refractivity contribution in [1.82, 2.24) is 10.2 Å². The molecule has 0 aromatic rings. The molecule has 5 nitrogen and oxygen atoms in total. The number of carbonyl (C=O) groups excluding carboxylic acids is 1. The molecule has 108 valence electrons. The van der Waals surface area contributed by atoms with E-state index in [1.165, 1.54) is 19.3 Å². The topological polar surface area (TPSA) is 69.6 Å². The number of rotatable bonds is 6. The van der Waals surface area contributed by atoms with E-state index in [-0.39, 0.29) is 18.7 Å². The highest BCUT2D eigenvalue weighted by molar-refractivity contribution is 5.80. The molecule has 0 radical (unpaired) electrons. The number of nitrogens with zero attached hydrogens (tertiary/aromatic N) is 1. The van der Waals surface area contributed by atoms with Crippen LogP contribution in [0, 0.1) is 11.8 Å². The number of aliphatic carboxylic acids is 1. The van der Waals surface area contributed by atoms with Gasteiger partial charge >= 0.3 is 5.97 Å². The minimum atomic E-state index is -0.915. The Hall–Kier alpha value is -1.10. The molecule has 4 unspecified atom stereocenters. The van der Waals surface area contributed by atoms with E-state index in [9.17, 15) is 9.59 Å². The lowest BCUT2D eigenvalue weighted by Gasteiger charge is -2.50. The van der Waals surface area contributed by atoms with Gasteiger partial charge in [0.25, 0.3) is 0 Å². The summed E-state index contributed by atoms with van der Waals surface area (Å²) in [4.78, 5) is 24.4. The van der Waals surface area contributed by atoms with Gasteiger partial charge in [0.1, 0.15) is 0 Å². The first-order valence-corrected chi connectivity index (χ1v) is 7.32. The van der Waals surface area contributed by atoms with Crippen molar-refractivity contribution < 1.29 is 14.7 Å². The number of hydrogen-bond acceptors (Lipinski definition) is 3. The van der Waals surface area contributed by atoms with Crippen LogP contribution in [0.1, 0.15) is 39.0 Å². The molecule has 1 amide bonds. The van der Waals surface area contributed by atoms with Crippen LogP contribution in [-0.2, 0) is 9.59 Å². The van der Waals surface area contributed by atoms with Crippen molar-refractivity contribution in [2.24, 2.45) is 11.8 Å². The average molecular weight is 268 g/mol. The summed E-state index contributed by atoms with van der Waals surface area (Å²) < 4.78 is 0. The summed E-state index contributed by atoms with van der Waals surface area (Å²) in [6, 6.07) is 0.454. The summed E-state index contributed by atoms with van der Waals surface area (Å²) in [6.07, 6.45) is 3.72. The van der Waals surface area contributed by atoms with Crippen molar-refractivity contribution in [3.05, 3.63) is 0 Å². The molecule has 0 aromatic heterocycles. The van der Waals surface area contributed by atoms with E-state index in [0.29, 0.717) is 12.6 Å². The summed E-state index contributed by atoms with van der Waals surface area (Å²) >= 11 is 0. The van der Waals surface area contributed by atoms with Crippen LogP contribution in [0.2, 0.25) is 0 Å². The van der Waals surface area contributed by atoms with Crippen LogP contribution >= 0.6 is 0 Å². The number of amides is 1. The zero-order valence-corrected chi connectivity index (χ0v) is 11.6. The molecule has 3 rings (SSSR count). The van der Waals surface area contributed by atoms with Crippen LogP contribution in [0.5, 0.6) is 0 Å². The standard InChI is InChI=1S/C14H24N2O3/c1-2-10-9-16-6-5-11(10)7-12(16)8-15-13(17)3-4-14(18)19/h10-12H,2-9H2,1H3,(H,15,17)(H,18,19). The SMILES string of the molecule is CCC1CN2CCC1CC2CNC(=O)CCC(=O)O. The van der Waals surface area contributed by atoms with Crippen LogP contribution < -0.4 is 5.32 Å². The molecule has 0 saturated carbocycles. The average Bonchev–Trinajstić information content (AvgIpc) is 2.43. The highest BCUT2D eigenvalue weighted by Gasteiger charge is 2.38. The van der Waals surface area contributed by atoms with Crippen molar-refractivity contribution in [2.45, 2.75) is 45.1 Å². The normalized spacial score (nSPS) is 33.1. The Morgan fingerprint density at radius 1 is 1.37 bits per heavy atom. The largest absolute Gasteiger partial charge is 0.481 e. The number of piperidine rings is 3. The minimum Gasteiger partial charge on any atom is -0.481 e. The molecule has 3 saturated heterocycles. The van der Waals surface area contributed by atoms with E-state index >= 15 is 0 Å². The second kappa shape index (κ2) is 6.37. The first-order chi connectivity index (χ1) is 9.10. The summed E-state index contributed by atoms with van der Waals surface area (Å²) in [7, 11) is 0. The smallest absolute Gasteiger partial charge is 0.303 e. The van der Waals surface area contributed by atoms with Gasteiger partial charge in [-0.25, -0.2) is 0 Å². The Balaban J connectivity index is 1.73. The Kier molecular flexibility index (Phi) is 4.80. The van der Waals surface area contributed by atoms with Crippen LogP contribution in [0.15, 0.2) is 0 Å². The predicted octanol–water partition coefficient (Wildman–Crippen LogP) is 1.09. The Bertz CT molecular complexity index is 346. The van der Waals surface area contributed by atoms with Gasteiger partial charge in [0.2, 0.25) is 5.91 Å². The molecule has 0 aliphatic carbocycles. The molecule has 0 spiro atoms. The quantitative estimate of drug-likeness (QED) is 0.756. The monoisotopic (exact) mass is 268 g/mol. The number of carboxylic acids is 1. The third-order valence-electron chi connectivity index (χ3n) is 4.64. The van der Waals surface area contributed by atoms with Gasteiger partial charge < -0.3 is 10.4 Å². The Morgan fingerprint density at radius 2 is 2.16 bits per heavy atom. The molecule has 19 heavy (non-hydrogen) atoms. The maximum Gasteiger partial charge on any atom is 0.303 e. The van der Waals surface area contributed by atoms with Gasteiger partial charge in [0.05, 0.1) is 6.42 Å². The second-order valence-corrected chi connectivity index (χ2v) is 5.80. The van der Waals surface area contributed by atoms with Gasteiger partial charge in [0.15, 0.2) is 0 Å². The molecular weight excluding hydrogens is 244 g/mol. The maximum atomic E-state index is 11.5. The molecule has 0 aromatic carbocycles. The zero-order chi connectivity index (χ0) is 13.8. The third-order valence-corrected chi connectivity index (χ3v) is 4.64. The van der Waals surface area contributed by atoms with Crippen molar-refractivity contribution in [2.75, 3.05) is 19.6 Å². The molecule has 3 heterocycles. The highest BCUT2D eigenvalue weighted by Crippen LogP contribution is 2.37. The number of hydrogen-bond donors (Lipinski definition) is 2. The second-order valence-electron chi connectivity index (χ2n) is 5.80. The van der Waals surface area contributed by atoms with Gasteiger partial charge in [-0.15, -0.1) is 0 Å². The molecule has 3 aliphatic heterocycles. The lowest BCUT2D eigenvalue weighted by Crippen LogP contribution is -2.56. The van der Waals surface area contributed by atoms with E-state index in [0.717, 1.165) is 24.9 Å². The van der Waals surface area contributed by atoms with Crippen molar-refractivity contribution >= 4 is 11.9 Å². The first-order valence-electron chi connectivity index (χ1n) is 7.32. The van der Waals surface area contributed by atoms with E-state index in [2.05, 4.69) is 17.1 Å². The summed E-state index contributed by atoms with van der Waals surface area (Å²) in [5.41, 5.74) is 0. The fourth-order valence-electron chi connectivity index (χ4n) is 3.46. The predicted molar refractivity (Wildman–Crippen MR) is 71.7 cm³/mol. The molecule has 4 atom stereocenters. The number of carboxylic acid groups (broad SMARTS) is 1. The Labute approximate surface area is 114 Å². The molecule has 5 heteroatoms. The van der Waals surface area contributed by atoms with Gasteiger partial charge in [0, 0.05) is 25.6 Å². The number of carbonyl (C=O) groups is 2. The molecule has 2 N–H and O–H groups in total. The van der Waals surface area contributed by atoms with Gasteiger partial charge in [-0.2, -0.15) is 0 Å². The van der Waals surface area contributed by atoms with E-state index in [1.807, 2.05) is 0 Å². The van der Waals surface area contributed by atoms with Crippen LogP contribution in [0.3, 0.4) is 0 Å². The zero-order valence-electron chi connectivity index (χ0n) is 11.6. The van der Waals surface area contributed by atoms with Gasteiger partial charge in [-0.1, -0.05) is 13.3 Å². The van der Waals surface area contributed by atoms with Crippen LogP contribution in [-0.4, -0.2) is 47.6 Å². The van der Waals surface area contributed by atoms with Gasteiger partial charge in [-0.3, -0.25) is 14.5 Å². The fourth-order valence-corrected chi connectivity index (χ4v) is 3.46. The molecule has 3 aliphatic rings. The van der Waals surface area contributed by atoms with E-state index in [4.69, 9.17) is 5.11 Å². The van der Waals surface area contributed by atoms with Crippen molar-refractivity contribution in [3.63, 3.8) is 0 Å². The maximum absolute atomic E-state index is 11.5. The third kappa shape index (κ3) is 3.69. The summed E-state index contributed by atoms with van der Waals surface area (Å²) in [5, 5.41) is 11.4. The highest BCUT2D eigenvalue weighted by atomic mass is 16.4. The molecule has 3 fully saturated rings. The summed E-state index contributed by atoms with van der Waals surface area (Å²) in [5.74, 6) is 0.585. The lowest BCUT2D eigenvalue weighted by atomic mass is 9.74. The minimum absolute atomic E-state index is 0.0826. The number of fused-ring (bicyclic) bond motifs is 3. The summed E-state index contributed by atoms with van der Waals surface area (Å²) in [6.45, 7) is 5.24. The van der Waals surface area contributed by atoms with E-state index < -0.39 is 5.97 Å². The Morgan fingerprint density at radius 3 is 2.74 bits per heavy atom. The first kappa shape index (κ1) is 14.3. The van der Waals surface area contributed by atoms with Crippen LogP contribution in [0.25, 0.3) is 0 Å². The fraction of sp³-hybridized carbons (Fsp3) is 0.857. The molecular formula is C14H24N2O3. The van der Waals surface area contributed by atoms with Crippen LogP contribution in [0.4, 0.5) is 0 Å². The van der Waals surface area contributed by atoms with Gasteiger partial charge in [-0.05, 0) is 31.2 Å². The van der Waals surface area contributed by atoms with Crippen molar-refractivity contribution in [1.29, 1.82) is 0 Å².